The van der Waals surface area contributed by atoms with Gasteiger partial charge in [0.25, 0.3) is 5.91 Å². The molecule has 0 radical (unpaired) electrons. The van der Waals surface area contributed by atoms with Crippen molar-refractivity contribution < 1.29 is 9.21 Å². The van der Waals surface area contributed by atoms with Crippen LogP contribution in [0.2, 0.25) is 0 Å². The lowest BCUT2D eigenvalue weighted by molar-refractivity contribution is 0.0725. The van der Waals surface area contributed by atoms with E-state index in [-0.39, 0.29) is 11.8 Å². The first-order chi connectivity index (χ1) is 9.92. The number of rotatable bonds is 5. The second-order valence-corrected chi connectivity index (χ2v) is 5.77. The third kappa shape index (κ3) is 3.42. The molecule has 0 spiro atoms. The predicted molar refractivity (Wildman–Crippen MR) is 88.5 cm³/mol. The van der Waals surface area contributed by atoms with Crippen LogP contribution in [0.5, 0.6) is 0 Å². The Hall–Kier alpha value is -1.88. The maximum atomic E-state index is 12.5. The standard InChI is InChI=1S/C16H20N2O2S/c1-4-18(9-11(3)15(17)21)16(19)14-8-12-7-10(2)5-6-13(12)20-14/h5-8,11H,4,9H2,1-3H3,(H2,17,21). The van der Waals surface area contributed by atoms with Gasteiger partial charge < -0.3 is 15.1 Å². The Kier molecular flexibility index (Phi) is 4.63. The Labute approximate surface area is 129 Å². The SMILES string of the molecule is CCN(CC(C)C(N)=S)C(=O)c1cc2cc(C)ccc2o1. The molecular formula is C16H20N2O2S. The van der Waals surface area contributed by atoms with E-state index in [9.17, 15) is 4.79 Å². The van der Waals surface area contributed by atoms with Crippen molar-refractivity contribution in [3.63, 3.8) is 0 Å². The number of carbonyl (C=O) groups excluding carboxylic acids is 1. The van der Waals surface area contributed by atoms with Gasteiger partial charge in [-0.1, -0.05) is 30.8 Å². The van der Waals surface area contributed by atoms with Gasteiger partial charge in [-0.15, -0.1) is 0 Å². The molecule has 2 aromatic rings. The number of benzene rings is 1. The van der Waals surface area contributed by atoms with Gasteiger partial charge in [0.15, 0.2) is 5.76 Å². The summed E-state index contributed by atoms with van der Waals surface area (Å²) in [6.07, 6.45) is 0. The molecule has 0 aliphatic rings. The summed E-state index contributed by atoms with van der Waals surface area (Å²) in [5, 5.41) is 0.941. The summed E-state index contributed by atoms with van der Waals surface area (Å²) in [7, 11) is 0. The Bertz CT molecular complexity index is 678. The number of fused-ring (bicyclic) bond motifs is 1. The van der Waals surface area contributed by atoms with Crippen LogP contribution in [-0.4, -0.2) is 28.9 Å². The average Bonchev–Trinajstić information content (AvgIpc) is 2.86. The highest BCUT2D eigenvalue weighted by Gasteiger charge is 2.21. The monoisotopic (exact) mass is 304 g/mol. The number of hydrogen-bond acceptors (Lipinski definition) is 3. The van der Waals surface area contributed by atoms with Gasteiger partial charge in [-0.05, 0) is 32.0 Å². The summed E-state index contributed by atoms with van der Waals surface area (Å²) in [6.45, 7) is 6.94. The molecule has 0 saturated heterocycles. The highest BCUT2D eigenvalue weighted by molar-refractivity contribution is 7.80. The molecule has 0 fully saturated rings. The Morgan fingerprint density at radius 2 is 2.14 bits per heavy atom. The lowest BCUT2D eigenvalue weighted by Gasteiger charge is -2.23. The maximum Gasteiger partial charge on any atom is 0.289 e. The van der Waals surface area contributed by atoms with Crippen molar-refractivity contribution in [2.75, 3.05) is 13.1 Å². The Morgan fingerprint density at radius 1 is 1.43 bits per heavy atom. The summed E-state index contributed by atoms with van der Waals surface area (Å²) in [6, 6.07) is 7.64. The molecule has 0 bridgehead atoms. The highest BCUT2D eigenvalue weighted by atomic mass is 32.1. The van der Waals surface area contributed by atoms with Crippen LogP contribution in [-0.2, 0) is 0 Å². The van der Waals surface area contributed by atoms with E-state index in [0.717, 1.165) is 16.5 Å². The van der Waals surface area contributed by atoms with Crippen LogP contribution in [0.3, 0.4) is 0 Å². The van der Waals surface area contributed by atoms with Crippen molar-refractivity contribution in [1.82, 2.24) is 4.90 Å². The Balaban J connectivity index is 2.24. The minimum Gasteiger partial charge on any atom is -0.451 e. The molecule has 0 aliphatic carbocycles. The molecule has 112 valence electrons. The second-order valence-electron chi connectivity index (χ2n) is 5.30. The molecule has 4 nitrogen and oxygen atoms in total. The number of nitrogens with zero attached hydrogens (tertiary/aromatic N) is 1. The molecule has 2 rings (SSSR count). The van der Waals surface area contributed by atoms with E-state index in [2.05, 4.69) is 0 Å². The minimum atomic E-state index is -0.130. The van der Waals surface area contributed by atoms with Crippen molar-refractivity contribution >= 4 is 34.1 Å². The van der Waals surface area contributed by atoms with Gasteiger partial charge in [-0.25, -0.2) is 0 Å². The lowest BCUT2D eigenvalue weighted by Crippen LogP contribution is -2.38. The summed E-state index contributed by atoms with van der Waals surface area (Å²) in [5.41, 5.74) is 7.49. The number of furan rings is 1. The van der Waals surface area contributed by atoms with E-state index in [4.69, 9.17) is 22.4 Å². The van der Waals surface area contributed by atoms with Crippen LogP contribution < -0.4 is 5.73 Å². The van der Waals surface area contributed by atoms with Crippen molar-refractivity contribution in [1.29, 1.82) is 0 Å². The van der Waals surface area contributed by atoms with E-state index >= 15 is 0 Å². The van der Waals surface area contributed by atoms with Crippen LogP contribution in [0, 0.1) is 12.8 Å². The molecule has 1 atom stereocenters. The number of hydrogen-bond donors (Lipinski definition) is 1. The largest absolute Gasteiger partial charge is 0.451 e. The van der Waals surface area contributed by atoms with E-state index in [1.165, 1.54) is 0 Å². The first-order valence-corrected chi connectivity index (χ1v) is 7.42. The fourth-order valence-electron chi connectivity index (χ4n) is 2.20. The number of thiocarbonyl (C=S) groups is 1. The third-order valence-electron chi connectivity index (χ3n) is 3.53. The van der Waals surface area contributed by atoms with Crippen molar-refractivity contribution in [3.05, 3.63) is 35.6 Å². The molecule has 5 heteroatoms. The van der Waals surface area contributed by atoms with Gasteiger partial charge in [0.05, 0.1) is 4.99 Å². The first kappa shape index (κ1) is 15.5. The van der Waals surface area contributed by atoms with Gasteiger partial charge >= 0.3 is 0 Å². The zero-order chi connectivity index (χ0) is 15.6. The quantitative estimate of drug-likeness (QED) is 0.862. The minimum absolute atomic E-state index is 0.0180. The van der Waals surface area contributed by atoms with Crippen LogP contribution in [0.1, 0.15) is 30.0 Å². The van der Waals surface area contributed by atoms with Crippen molar-refractivity contribution in [2.45, 2.75) is 20.8 Å². The molecule has 1 aromatic carbocycles. The van der Waals surface area contributed by atoms with E-state index in [1.807, 2.05) is 39.0 Å². The fraction of sp³-hybridized carbons (Fsp3) is 0.375. The van der Waals surface area contributed by atoms with Gasteiger partial charge in [0.2, 0.25) is 0 Å². The maximum absolute atomic E-state index is 12.5. The summed E-state index contributed by atoms with van der Waals surface area (Å²) in [4.78, 5) is 14.7. The molecule has 1 heterocycles. The van der Waals surface area contributed by atoms with Gasteiger partial charge in [0, 0.05) is 24.4 Å². The molecular weight excluding hydrogens is 284 g/mol. The average molecular weight is 304 g/mol. The highest BCUT2D eigenvalue weighted by Crippen LogP contribution is 2.22. The smallest absolute Gasteiger partial charge is 0.289 e. The normalized spacial score (nSPS) is 12.3. The van der Waals surface area contributed by atoms with E-state index < -0.39 is 0 Å². The van der Waals surface area contributed by atoms with Crippen LogP contribution >= 0.6 is 12.2 Å². The van der Waals surface area contributed by atoms with Crippen molar-refractivity contribution in [2.24, 2.45) is 11.7 Å². The van der Waals surface area contributed by atoms with Gasteiger partial charge in [-0.3, -0.25) is 4.79 Å². The number of amides is 1. The zero-order valence-corrected chi connectivity index (χ0v) is 13.4. The van der Waals surface area contributed by atoms with Crippen LogP contribution in [0.15, 0.2) is 28.7 Å². The predicted octanol–water partition coefficient (Wildman–Crippen LogP) is 3.13. The summed E-state index contributed by atoms with van der Waals surface area (Å²) < 4.78 is 5.65. The summed E-state index contributed by atoms with van der Waals surface area (Å²) >= 11 is 4.97. The molecule has 2 N–H and O–H groups in total. The van der Waals surface area contributed by atoms with E-state index in [1.54, 1.807) is 11.0 Å². The second kappa shape index (κ2) is 6.26. The zero-order valence-electron chi connectivity index (χ0n) is 12.6. The first-order valence-electron chi connectivity index (χ1n) is 7.01. The molecule has 1 unspecified atom stereocenters. The van der Waals surface area contributed by atoms with Gasteiger partial charge in [0.1, 0.15) is 5.58 Å². The molecule has 0 aliphatic heterocycles. The van der Waals surface area contributed by atoms with Crippen LogP contribution in [0.25, 0.3) is 11.0 Å². The number of nitrogens with two attached hydrogens (primary N) is 1. The van der Waals surface area contributed by atoms with Crippen LogP contribution in [0.4, 0.5) is 0 Å². The molecule has 1 amide bonds. The topological polar surface area (TPSA) is 59.5 Å². The molecule has 21 heavy (non-hydrogen) atoms. The lowest BCUT2D eigenvalue weighted by atomic mass is 10.1. The molecule has 0 saturated carbocycles. The van der Waals surface area contributed by atoms with Crippen molar-refractivity contribution in [3.8, 4) is 0 Å². The van der Waals surface area contributed by atoms with Gasteiger partial charge in [-0.2, -0.15) is 0 Å². The Morgan fingerprint density at radius 3 is 2.76 bits per heavy atom. The fourth-order valence-corrected chi connectivity index (χ4v) is 2.27. The third-order valence-corrected chi connectivity index (χ3v) is 3.93. The summed E-state index contributed by atoms with van der Waals surface area (Å²) in [5.74, 6) is 0.206. The molecule has 1 aromatic heterocycles. The van der Waals surface area contributed by atoms with E-state index in [0.29, 0.717) is 23.8 Å². The number of aryl methyl sites for hydroxylation is 1. The number of carbonyl (C=O) groups is 1.